The van der Waals surface area contributed by atoms with Gasteiger partial charge in [0.05, 0.1) is 25.0 Å². The number of benzene rings is 1. The highest BCUT2D eigenvalue weighted by atomic mass is 16.5. The minimum absolute atomic E-state index is 0.572. The van der Waals surface area contributed by atoms with Crippen LogP contribution in [0.3, 0.4) is 0 Å². The zero-order chi connectivity index (χ0) is 11.8. The van der Waals surface area contributed by atoms with Gasteiger partial charge in [0.15, 0.2) is 11.3 Å². The molecular weight excluding hydrogens is 218 g/mol. The molecule has 4 nitrogen and oxygen atoms in total. The lowest BCUT2D eigenvalue weighted by Gasteiger charge is -2.07. The van der Waals surface area contributed by atoms with E-state index in [0.29, 0.717) is 6.54 Å². The SMILES string of the molecule is COc1c2ccoc2c(CCN)c2ccoc12. The van der Waals surface area contributed by atoms with Crippen molar-refractivity contribution in [2.45, 2.75) is 6.42 Å². The summed E-state index contributed by atoms with van der Waals surface area (Å²) in [6.45, 7) is 0.572. The third-order valence-electron chi connectivity index (χ3n) is 2.98. The third kappa shape index (κ3) is 1.34. The predicted octanol–water partition coefficient (Wildman–Crippen LogP) is 2.69. The van der Waals surface area contributed by atoms with E-state index in [-0.39, 0.29) is 0 Å². The minimum Gasteiger partial charge on any atom is -0.492 e. The van der Waals surface area contributed by atoms with Crippen LogP contribution in [0.4, 0.5) is 0 Å². The molecule has 0 atom stereocenters. The molecule has 2 aromatic heterocycles. The van der Waals surface area contributed by atoms with Crippen molar-refractivity contribution in [3.8, 4) is 5.75 Å². The smallest absolute Gasteiger partial charge is 0.176 e. The first-order valence-corrected chi connectivity index (χ1v) is 5.50. The summed E-state index contributed by atoms with van der Waals surface area (Å²) in [7, 11) is 1.63. The average molecular weight is 231 g/mol. The summed E-state index contributed by atoms with van der Waals surface area (Å²) in [5.74, 6) is 0.717. The Labute approximate surface area is 97.9 Å². The van der Waals surface area contributed by atoms with Gasteiger partial charge in [0.25, 0.3) is 0 Å². The Balaban J connectivity index is 2.48. The predicted molar refractivity (Wildman–Crippen MR) is 65.3 cm³/mol. The molecule has 17 heavy (non-hydrogen) atoms. The Bertz CT molecular complexity index is 614. The molecule has 3 rings (SSSR count). The largest absolute Gasteiger partial charge is 0.492 e. The van der Waals surface area contributed by atoms with Crippen LogP contribution in [0.15, 0.2) is 33.5 Å². The zero-order valence-corrected chi connectivity index (χ0v) is 9.53. The number of ether oxygens (including phenoxy) is 1. The van der Waals surface area contributed by atoms with Gasteiger partial charge in [0.1, 0.15) is 5.58 Å². The monoisotopic (exact) mass is 231 g/mol. The summed E-state index contributed by atoms with van der Waals surface area (Å²) in [4.78, 5) is 0. The quantitative estimate of drug-likeness (QED) is 0.752. The van der Waals surface area contributed by atoms with Gasteiger partial charge in [-0.05, 0) is 25.1 Å². The van der Waals surface area contributed by atoms with Crippen molar-refractivity contribution in [3.63, 3.8) is 0 Å². The topological polar surface area (TPSA) is 61.5 Å². The third-order valence-corrected chi connectivity index (χ3v) is 2.98. The van der Waals surface area contributed by atoms with E-state index in [9.17, 15) is 0 Å². The molecule has 0 radical (unpaired) electrons. The van der Waals surface area contributed by atoms with E-state index < -0.39 is 0 Å². The number of nitrogens with two attached hydrogens (primary N) is 1. The standard InChI is InChI=1S/C13H13NO3/c1-15-12-10-4-7-16-11(10)8(2-5-14)9-3-6-17-13(9)12/h3-4,6-7H,2,5,14H2,1H3. The number of methoxy groups -OCH3 is 1. The number of fused-ring (bicyclic) bond motifs is 2. The maximum absolute atomic E-state index is 5.65. The van der Waals surface area contributed by atoms with Crippen molar-refractivity contribution >= 4 is 21.9 Å². The molecule has 0 fully saturated rings. The van der Waals surface area contributed by atoms with E-state index in [4.69, 9.17) is 19.3 Å². The fraction of sp³-hybridized carbons (Fsp3) is 0.231. The van der Waals surface area contributed by atoms with Crippen molar-refractivity contribution in [2.24, 2.45) is 5.73 Å². The van der Waals surface area contributed by atoms with Crippen LogP contribution in [0, 0.1) is 0 Å². The molecule has 3 aromatic rings. The fourth-order valence-electron chi connectivity index (χ4n) is 2.28. The summed E-state index contributed by atoms with van der Waals surface area (Å²) < 4.78 is 16.4. The van der Waals surface area contributed by atoms with Gasteiger partial charge in [0, 0.05) is 10.9 Å². The van der Waals surface area contributed by atoms with Crippen LogP contribution in [0.2, 0.25) is 0 Å². The Morgan fingerprint density at radius 2 is 1.82 bits per heavy atom. The number of hydrogen-bond donors (Lipinski definition) is 1. The van der Waals surface area contributed by atoms with Crippen molar-refractivity contribution in [1.29, 1.82) is 0 Å². The molecular formula is C13H13NO3. The molecule has 0 bridgehead atoms. The summed E-state index contributed by atoms with van der Waals surface area (Å²) >= 11 is 0. The second-order valence-corrected chi connectivity index (χ2v) is 3.88. The van der Waals surface area contributed by atoms with Crippen LogP contribution in [-0.2, 0) is 6.42 Å². The molecule has 0 spiro atoms. The highest BCUT2D eigenvalue weighted by Crippen LogP contribution is 2.39. The van der Waals surface area contributed by atoms with Crippen molar-refractivity contribution < 1.29 is 13.6 Å². The first-order valence-electron chi connectivity index (χ1n) is 5.50. The van der Waals surface area contributed by atoms with Crippen LogP contribution in [-0.4, -0.2) is 13.7 Å². The molecule has 0 amide bonds. The van der Waals surface area contributed by atoms with E-state index in [1.165, 1.54) is 0 Å². The van der Waals surface area contributed by atoms with Crippen LogP contribution in [0.1, 0.15) is 5.56 Å². The first-order chi connectivity index (χ1) is 8.36. The van der Waals surface area contributed by atoms with Crippen LogP contribution >= 0.6 is 0 Å². The molecule has 0 aliphatic carbocycles. The second kappa shape index (κ2) is 3.82. The summed E-state index contributed by atoms with van der Waals surface area (Å²) in [6, 6.07) is 3.81. The van der Waals surface area contributed by atoms with Gasteiger partial charge >= 0.3 is 0 Å². The maximum Gasteiger partial charge on any atom is 0.176 e. The van der Waals surface area contributed by atoms with Crippen molar-refractivity contribution in [1.82, 2.24) is 0 Å². The Morgan fingerprint density at radius 3 is 2.53 bits per heavy atom. The number of furan rings is 2. The van der Waals surface area contributed by atoms with Crippen molar-refractivity contribution in [3.05, 3.63) is 30.2 Å². The van der Waals surface area contributed by atoms with Crippen LogP contribution in [0.5, 0.6) is 5.75 Å². The van der Waals surface area contributed by atoms with E-state index >= 15 is 0 Å². The molecule has 1 aromatic carbocycles. The molecule has 0 unspecified atom stereocenters. The maximum atomic E-state index is 5.65. The summed E-state index contributed by atoms with van der Waals surface area (Å²) in [5, 5.41) is 1.94. The van der Waals surface area contributed by atoms with Crippen LogP contribution in [0.25, 0.3) is 21.9 Å². The van der Waals surface area contributed by atoms with E-state index in [2.05, 4.69) is 0 Å². The van der Waals surface area contributed by atoms with E-state index in [1.807, 2.05) is 12.1 Å². The highest BCUT2D eigenvalue weighted by molar-refractivity contribution is 6.04. The van der Waals surface area contributed by atoms with Gasteiger partial charge in [-0.25, -0.2) is 0 Å². The minimum atomic E-state index is 0.572. The Hall–Kier alpha value is -1.94. The van der Waals surface area contributed by atoms with Gasteiger partial charge < -0.3 is 19.3 Å². The van der Waals surface area contributed by atoms with Gasteiger partial charge in [-0.15, -0.1) is 0 Å². The molecule has 2 N–H and O–H groups in total. The molecule has 4 heteroatoms. The molecule has 0 aliphatic rings. The lowest BCUT2D eigenvalue weighted by Crippen LogP contribution is -2.03. The van der Waals surface area contributed by atoms with Gasteiger partial charge in [-0.2, -0.15) is 0 Å². The molecule has 0 saturated carbocycles. The number of rotatable bonds is 3. The summed E-state index contributed by atoms with van der Waals surface area (Å²) in [5.41, 5.74) is 8.32. The average Bonchev–Trinajstić information content (AvgIpc) is 2.96. The van der Waals surface area contributed by atoms with Crippen molar-refractivity contribution in [2.75, 3.05) is 13.7 Å². The van der Waals surface area contributed by atoms with E-state index in [1.54, 1.807) is 19.6 Å². The Kier molecular flexibility index (Phi) is 2.30. The molecule has 0 saturated heterocycles. The van der Waals surface area contributed by atoms with Crippen LogP contribution < -0.4 is 10.5 Å². The Morgan fingerprint density at radius 1 is 1.12 bits per heavy atom. The lowest BCUT2D eigenvalue weighted by atomic mass is 10.0. The number of hydrogen-bond acceptors (Lipinski definition) is 4. The lowest BCUT2D eigenvalue weighted by molar-refractivity contribution is 0.415. The van der Waals surface area contributed by atoms with Gasteiger partial charge in [-0.3, -0.25) is 0 Å². The van der Waals surface area contributed by atoms with Gasteiger partial charge in [-0.1, -0.05) is 0 Å². The van der Waals surface area contributed by atoms with E-state index in [0.717, 1.165) is 39.7 Å². The second-order valence-electron chi connectivity index (χ2n) is 3.88. The molecule has 0 aliphatic heterocycles. The van der Waals surface area contributed by atoms with Gasteiger partial charge in [0.2, 0.25) is 0 Å². The summed E-state index contributed by atoms with van der Waals surface area (Å²) in [6.07, 6.45) is 4.07. The molecule has 2 heterocycles. The normalized spacial score (nSPS) is 11.4. The fourth-order valence-corrected chi connectivity index (χ4v) is 2.28. The zero-order valence-electron chi connectivity index (χ0n) is 9.53. The molecule has 88 valence electrons. The first kappa shape index (κ1) is 10.2. The highest BCUT2D eigenvalue weighted by Gasteiger charge is 2.18.